The number of nitrogens with zero attached hydrogens (tertiary/aromatic N) is 3. The van der Waals surface area contributed by atoms with Crippen LogP contribution in [0.15, 0.2) is 18.3 Å². The van der Waals surface area contributed by atoms with E-state index in [1.54, 1.807) is 18.3 Å². The molecule has 1 N–H and O–H groups in total. The van der Waals surface area contributed by atoms with Crippen molar-refractivity contribution in [2.75, 3.05) is 35.3 Å². The van der Waals surface area contributed by atoms with Gasteiger partial charge in [0.25, 0.3) is 0 Å². The van der Waals surface area contributed by atoms with Gasteiger partial charge in [0, 0.05) is 17.1 Å². The third kappa shape index (κ3) is 5.74. The zero-order chi connectivity index (χ0) is 17.4. The second-order valence-corrected chi connectivity index (χ2v) is 5.65. The van der Waals surface area contributed by atoms with Crippen LogP contribution in [0.4, 0.5) is 0 Å². The average molecular weight is 339 g/mol. The molecular weight excluding hydrogens is 316 g/mol. The van der Waals surface area contributed by atoms with Crippen molar-refractivity contribution in [1.29, 1.82) is 0 Å². The Morgan fingerprint density at radius 3 is 2.57 bits per heavy atom. The molecule has 1 aromatic carbocycles. The Balaban J connectivity index is 0.000000816. The molecule has 0 aliphatic rings. The van der Waals surface area contributed by atoms with Gasteiger partial charge in [-0.15, -0.1) is 0 Å². The van der Waals surface area contributed by atoms with Gasteiger partial charge in [0.1, 0.15) is 0 Å². The molecule has 2 aromatic rings. The lowest BCUT2D eigenvalue weighted by Gasteiger charge is -2.11. The zero-order valence-corrected chi connectivity index (χ0v) is 14.9. The molecule has 126 valence electrons. The summed E-state index contributed by atoms with van der Waals surface area (Å²) in [6, 6.07) is 3.52. The Morgan fingerprint density at radius 2 is 2.00 bits per heavy atom. The molecule has 0 unspecified atom stereocenters. The quantitative estimate of drug-likeness (QED) is 0.859. The van der Waals surface area contributed by atoms with Crippen LogP contribution in [0.2, 0.25) is 5.02 Å². The van der Waals surface area contributed by atoms with Crippen molar-refractivity contribution in [3.05, 3.63) is 34.6 Å². The Morgan fingerprint density at radius 1 is 1.35 bits per heavy atom. The lowest BCUT2D eigenvalue weighted by Crippen LogP contribution is -2.13. The molecule has 2 rings (SSSR count). The van der Waals surface area contributed by atoms with E-state index in [1.165, 1.54) is 7.11 Å². The molecule has 0 atom stereocenters. The van der Waals surface area contributed by atoms with Crippen LogP contribution in [-0.4, -0.2) is 56.1 Å². The van der Waals surface area contributed by atoms with Crippen molar-refractivity contribution in [2.45, 2.75) is 13.0 Å². The highest BCUT2D eigenvalue weighted by Gasteiger charge is 2.14. The highest BCUT2D eigenvalue weighted by atomic mass is 35.5. The Bertz CT molecular complexity index is 662. The summed E-state index contributed by atoms with van der Waals surface area (Å²) < 4.78 is 4.70. The van der Waals surface area contributed by atoms with Crippen LogP contribution < -0.4 is 5.32 Å². The van der Waals surface area contributed by atoms with Crippen LogP contribution >= 0.6 is 11.6 Å². The van der Waals surface area contributed by atoms with Crippen LogP contribution in [-0.2, 0) is 22.5 Å². The molecular formula is C16H23ClN4O2. The molecule has 0 spiro atoms. The first kappa shape index (κ1) is 19.3. The van der Waals surface area contributed by atoms with Gasteiger partial charge in [0.15, 0.2) is 0 Å². The lowest BCUT2D eigenvalue weighted by molar-refractivity contribution is -0.139. The number of hydrogen-bond acceptors (Lipinski definition) is 6. The van der Waals surface area contributed by atoms with Crippen molar-refractivity contribution in [1.82, 2.24) is 20.2 Å². The maximum absolute atomic E-state index is 11.5. The fourth-order valence-electron chi connectivity index (χ4n) is 1.93. The molecule has 0 saturated heterocycles. The van der Waals surface area contributed by atoms with E-state index in [-0.39, 0.29) is 12.4 Å². The number of esters is 1. The summed E-state index contributed by atoms with van der Waals surface area (Å²) in [5, 5.41) is 3.25. The number of methoxy groups -OCH3 is 1. The molecule has 7 heteroatoms. The van der Waals surface area contributed by atoms with E-state index in [0.717, 1.165) is 11.2 Å². The molecule has 0 saturated carbocycles. The SMILES string of the molecule is CNC.COC(=O)Cc1c(Cl)ccc2ncc(CN(C)C)nc12. The number of ether oxygens (including phenoxy) is 1. The van der Waals surface area contributed by atoms with Gasteiger partial charge in [-0.2, -0.15) is 0 Å². The van der Waals surface area contributed by atoms with Crippen molar-refractivity contribution in [3.8, 4) is 0 Å². The van der Waals surface area contributed by atoms with Gasteiger partial charge >= 0.3 is 5.97 Å². The standard InChI is InChI=1S/C14H16ClN3O2.C2H7N/c1-18(2)8-9-7-16-12-5-4-11(15)10(14(12)17-9)6-13(19)20-3;1-3-2/h4-5,7H,6,8H2,1-3H3;3H,1-2H3. The van der Waals surface area contributed by atoms with Crippen molar-refractivity contribution < 1.29 is 9.53 Å². The van der Waals surface area contributed by atoms with Crippen LogP contribution in [0.3, 0.4) is 0 Å². The molecule has 0 aliphatic heterocycles. The Labute approximate surface area is 141 Å². The van der Waals surface area contributed by atoms with E-state index in [9.17, 15) is 4.79 Å². The van der Waals surface area contributed by atoms with Crippen molar-refractivity contribution in [3.63, 3.8) is 0 Å². The number of hydrogen-bond donors (Lipinski definition) is 1. The topological polar surface area (TPSA) is 67.3 Å². The third-order valence-electron chi connectivity index (χ3n) is 2.84. The number of rotatable bonds is 4. The summed E-state index contributed by atoms with van der Waals surface area (Å²) >= 11 is 6.18. The van der Waals surface area contributed by atoms with Crippen LogP contribution in [0.1, 0.15) is 11.3 Å². The summed E-state index contributed by atoms with van der Waals surface area (Å²) in [6.45, 7) is 0.674. The molecule has 0 fully saturated rings. The second kappa shape index (κ2) is 9.39. The fourth-order valence-corrected chi connectivity index (χ4v) is 2.15. The molecule has 1 heterocycles. The number of nitrogens with one attached hydrogen (secondary N) is 1. The minimum absolute atomic E-state index is 0.0901. The highest BCUT2D eigenvalue weighted by Crippen LogP contribution is 2.24. The molecule has 0 aliphatic carbocycles. The highest BCUT2D eigenvalue weighted by molar-refractivity contribution is 6.32. The summed E-state index contributed by atoms with van der Waals surface area (Å²) in [4.78, 5) is 22.4. The predicted molar refractivity (Wildman–Crippen MR) is 92.6 cm³/mol. The fraction of sp³-hybridized carbons (Fsp3) is 0.438. The van der Waals surface area contributed by atoms with E-state index in [0.29, 0.717) is 22.6 Å². The van der Waals surface area contributed by atoms with E-state index in [4.69, 9.17) is 16.3 Å². The van der Waals surface area contributed by atoms with Crippen molar-refractivity contribution in [2.24, 2.45) is 0 Å². The second-order valence-electron chi connectivity index (χ2n) is 5.25. The summed E-state index contributed by atoms with van der Waals surface area (Å²) in [5.41, 5.74) is 2.86. The lowest BCUT2D eigenvalue weighted by atomic mass is 10.1. The number of halogens is 1. The summed E-state index contributed by atoms with van der Waals surface area (Å²) in [7, 11) is 9.02. The number of carbonyl (C=O) groups is 1. The molecule has 0 amide bonds. The number of benzene rings is 1. The van der Waals surface area contributed by atoms with Gasteiger partial charge in [-0.05, 0) is 40.3 Å². The Kier molecular flexibility index (Phi) is 7.88. The minimum atomic E-state index is -0.348. The number of aromatic nitrogens is 2. The number of fused-ring (bicyclic) bond motifs is 1. The molecule has 0 radical (unpaired) electrons. The van der Waals surface area contributed by atoms with E-state index in [2.05, 4.69) is 15.3 Å². The van der Waals surface area contributed by atoms with Crippen LogP contribution in [0.5, 0.6) is 0 Å². The van der Waals surface area contributed by atoms with Gasteiger partial charge in [-0.3, -0.25) is 9.78 Å². The zero-order valence-electron chi connectivity index (χ0n) is 14.2. The van der Waals surface area contributed by atoms with Crippen LogP contribution in [0.25, 0.3) is 11.0 Å². The van der Waals surface area contributed by atoms with E-state index in [1.807, 2.05) is 33.1 Å². The monoisotopic (exact) mass is 338 g/mol. The van der Waals surface area contributed by atoms with E-state index < -0.39 is 0 Å². The average Bonchev–Trinajstić information content (AvgIpc) is 2.50. The Hall–Kier alpha value is -1.76. The largest absolute Gasteiger partial charge is 0.469 e. The first-order valence-electron chi connectivity index (χ1n) is 7.16. The minimum Gasteiger partial charge on any atom is -0.469 e. The normalized spacial score (nSPS) is 10.4. The summed E-state index contributed by atoms with van der Waals surface area (Å²) in [6.07, 6.45) is 1.82. The predicted octanol–water partition coefficient (Wildman–Crippen LogP) is 1.90. The smallest absolute Gasteiger partial charge is 0.310 e. The van der Waals surface area contributed by atoms with Gasteiger partial charge in [0.2, 0.25) is 0 Å². The maximum atomic E-state index is 11.5. The maximum Gasteiger partial charge on any atom is 0.310 e. The number of carbonyl (C=O) groups excluding carboxylic acids is 1. The van der Waals surface area contributed by atoms with E-state index >= 15 is 0 Å². The van der Waals surface area contributed by atoms with Gasteiger partial charge < -0.3 is 15.0 Å². The molecule has 1 aromatic heterocycles. The van der Waals surface area contributed by atoms with Gasteiger partial charge in [-0.25, -0.2) is 4.98 Å². The molecule has 0 bridgehead atoms. The van der Waals surface area contributed by atoms with Crippen LogP contribution in [0, 0.1) is 0 Å². The van der Waals surface area contributed by atoms with Gasteiger partial charge in [0.05, 0.1) is 36.5 Å². The first-order valence-corrected chi connectivity index (χ1v) is 7.53. The molecule has 6 nitrogen and oxygen atoms in total. The van der Waals surface area contributed by atoms with Gasteiger partial charge in [-0.1, -0.05) is 11.6 Å². The summed E-state index contributed by atoms with van der Waals surface area (Å²) in [5.74, 6) is -0.348. The third-order valence-corrected chi connectivity index (χ3v) is 3.19. The van der Waals surface area contributed by atoms with Crippen molar-refractivity contribution >= 4 is 28.6 Å². The molecule has 23 heavy (non-hydrogen) atoms. The first-order chi connectivity index (χ1) is 10.9.